The summed E-state index contributed by atoms with van der Waals surface area (Å²) < 4.78 is 26.5. The number of aryl methyl sites for hydroxylation is 1. The molecule has 1 aliphatic carbocycles. The minimum Gasteiger partial charge on any atom is -0.316 e. The number of fused-ring (bicyclic) bond motifs is 2. The van der Waals surface area contributed by atoms with Gasteiger partial charge in [0.05, 0.1) is 15.1 Å². The van der Waals surface area contributed by atoms with Gasteiger partial charge in [0.2, 0.25) is 5.91 Å². The van der Waals surface area contributed by atoms with Crippen LogP contribution in [0.15, 0.2) is 53.4 Å². The summed E-state index contributed by atoms with van der Waals surface area (Å²) in [5, 5.41) is 4.88. The van der Waals surface area contributed by atoms with Gasteiger partial charge in [-0.15, -0.1) is 22.7 Å². The first-order chi connectivity index (χ1) is 15.4. The Morgan fingerprint density at radius 1 is 1.03 bits per heavy atom. The minimum absolute atomic E-state index is 0.0777. The Kier molecular flexibility index (Phi) is 5.79. The first-order valence-corrected chi connectivity index (χ1v) is 13.9. The summed E-state index contributed by atoms with van der Waals surface area (Å²) in [5.74, 6) is -1.18. The van der Waals surface area contributed by atoms with Crippen LogP contribution in [0.3, 0.4) is 0 Å². The van der Waals surface area contributed by atoms with Crippen molar-refractivity contribution in [2.75, 3.05) is 11.1 Å². The summed E-state index contributed by atoms with van der Waals surface area (Å²) in [6.45, 7) is 0. The third-order valence-corrected chi connectivity index (χ3v) is 9.57. The van der Waals surface area contributed by atoms with E-state index in [1.807, 2.05) is 24.3 Å². The number of anilines is 1. The molecule has 0 radical (unpaired) electrons. The lowest BCUT2D eigenvalue weighted by Gasteiger charge is -2.12. The van der Waals surface area contributed by atoms with Crippen molar-refractivity contribution >= 4 is 65.2 Å². The molecule has 164 valence electrons. The standard InChI is InChI=1S/C23H19ClN2O3S3/c24-14-9-11-15(12-10-14)32(28,29)13-20(27)26-23-21(16-5-1-3-7-18(16)30-23)22-25-17-6-2-4-8-19(17)31-22/h2,4,6,8-12H,1,3,5,7,13H2,(H,26,27). The molecule has 4 aromatic rings. The van der Waals surface area contributed by atoms with Crippen LogP contribution in [0.5, 0.6) is 0 Å². The van der Waals surface area contributed by atoms with Gasteiger partial charge in [-0.2, -0.15) is 0 Å². The zero-order valence-corrected chi connectivity index (χ0v) is 20.1. The van der Waals surface area contributed by atoms with Crippen LogP contribution in [0, 0.1) is 0 Å². The van der Waals surface area contributed by atoms with Crippen molar-refractivity contribution < 1.29 is 13.2 Å². The number of carbonyl (C=O) groups excluding carboxylic acids is 1. The highest BCUT2D eigenvalue weighted by Crippen LogP contribution is 2.46. The molecule has 5 nitrogen and oxygen atoms in total. The third-order valence-electron chi connectivity index (χ3n) is 5.43. The molecule has 2 aromatic heterocycles. The van der Waals surface area contributed by atoms with Crippen molar-refractivity contribution in [1.82, 2.24) is 4.98 Å². The Labute approximate surface area is 199 Å². The van der Waals surface area contributed by atoms with Crippen molar-refractivity contribution in [2.24, 2.45) is 0 Å². The van der Waals surface area contributed by atoms with Crippen LogP contribution in [0.25, 0.3) is 20.8 Å². The van der Waals surface area contributed by atoms with Gasteiger partial charge in [-0.3, -0.25) is 4.79 Å². The smallest absolute Gasteiger partial charge is 0.240 e. The highest BCUT2D eigenvalue weighted by atomic mass is 35.5. The quantitative estimate of drug-likeness (QED) is 0.365. The van der Waals surface area contributed by atoms with Crippen LogP contribution in [-0.2, 0) is 27.5 Å². The number of thiophene rings is 1. The van der Waals surface area contributed by atoms with Gasteiger partial charge in [0.15, 0.2) is 9.84 Å². The van der Waals surface area contributed by atoms with Crippen LogP contribution in [-0.4, -0.2) is 25.1 Å². The van der Waals surface area contributed by atoms with Gasteiger partial charge < -0.3 is 5.32 Å². The minimum atomic E-state index is -3.78. The normalized spacial score (nSPS) is 13.8. The van der Waals surface area contributed by atoms with Gasteiger partial charge in [-0.1, -0.05) is 23.7 Å². The van der Waals surface area contributed by atoms with Gasteiger partial charge >= 0.3 is 0 Å². The Bertz CT molecular complexity index is 1390. The number of aromatic nitrogens is 1. The summed E-state index contributed by atoms with van der Waals surface area (Å²) in [6.07, 6.45) is 4.12. The number of thiazole rings is 1. The summed E-state index contributed by atoms with van der Waals surface area (Å²) in [7, 11) is -3.78. The van der Waals surface area contributed by atoms with E-state index < -0.39 is 21.5 Å². The Hall–Kier alpha value is -2.26. The lowest BCUT2D eigenvalue weighted by atomic mass is 9.96. The van der Waals surface area contributed by atoms with Crippen molar-refractivity contribution in [1.29, 1.82) is 0 Å². The highest BCUT2D eigenvalue weighted by molar-refractivity contribution is 7.92. The van der Waals surface area contributed by atoms with E-state index in [4.69, 9.17) is 16.6 Å². The predicted molar refractivity (Wildman–Crippen MR) is 132 cm³/mol. The molecule has 0 saturated heterocycles. The second-order valence-corrected chi connectivity index (χ2v) is 12.2. The molecule has 2 aromatic carbocycles. The molecule has 2 heterocycles. The second-order valence-electron chi connectivity index (χ2n) is 7.66. The van der Waals surface area contributed by atoms with Gasteiger partial charge in [0.25, 0.3) is 0 Å². The number of rotatable bonds is 5. The van der Waals surface area contributed by atoms with E-state index in [0.717, 1.165) is 46.5 Å². The van der Waals surface area contributed by atoms with Crippen LogP contribution in [0.4, 0.5) is 5.00 Å². The SMILES string of the molecule is O=C(CS(=O)(=O)c1ccc(Cl)cc1)Nc1sc2c(c1-c1nc3ccccc3s1)CCCC2. The molecule has 0 aliphatic heterocycles. The van der Waals surface area contributed by atoms with Crippen LogP contribution >= 0.6 is 34.3 Å². The molecule has 0 fully saturated rings. The summed E-state index contributed by atoms with van der Waals surface area (Å²) >= 11 is 8.99. The fourth-order valence-electron chi connectivity index (χ4n) is 3.92. The fraction of sp³-hybridized carbons (Fsp3) is 0.217. The number of hydrogen-bond donors (Lipinski definition) is 1. The van der Waals surface area contributed by atoms with Gasteiger partial charge in [0.1, 0.15) is 15.8 Å². The molecule has 0 spiro atoms. The monoisotopic (exact) mass is 502 g/mol. The van der Waals surface area contributed by atoms with Gasteiger partial charge in [-0.25, -0.2) is 13.4 Å². The topological polar surface area (TPSA) is 76.1 Å². The number of nitrogens with zero attached hydrogens (tertiary/aromatic N) is 1. The Balaban J connectivity index is 1.47. The number of carbonyl (C=O) groups is 1. The van der Waals surface area contributed by atoms with E-state index in [-0.39, 0.29) is 4.90 Å². The van der Waals surface area contributed by atoms with E-state index in [0.29, 0.717) is 10.0 Å². The molecular formula is C23H19ClN2O3S3. The van der Waals surface area contributed by atoms with E-state index in [1.54, 1.807) is 22.7 Å². The molecule has 1 amide bonds. The van der Waals surface area contributed by atoms with Crippen LogP contribution in [0.2, 0.25) is 5.02 Å². The lowest BCUT2D eigenvalue weighted by molar-refractivity contribution is -0.113. The third kappa shape index (κ3) is 4.20. The van der Waals surface area contributed by atoms with Gasteiger partial charge in [0, 0.05) is 15.5 Å². The molecule has 5 rings (SSSR count). The lowest BCUT2D eigenvalue weighted by Crippen LogP contribution is -2.22. The van der Waals surface area contributed by atoms with Crippen molar-refractivity contribution in [3.63, 3.8) is 0 Å². The number of benzene rings is 2. The Morgan fingerprint density at radius 2 is 1.78 bits per heavy atom. The van der Waals surface area contributed by atoms with Crippen molar-refractivity contribution in [3.8, 4) is 10.6 Å². The number of halogens is 1. The molecule has 0 bridgehead atoms. The van der Waals surface area contributed by atoms with E-state index in [1.165, 1.54) is 34.7 Å². The van der Waals surface area contributed by atoms with Crippen molar-refractivity contribution in [3.05, 3.63) is 64.0 Å². The molecule has 32 heavy (non-hydrogen) atoms. The van der Waals surface area contributed by atoms with E-state index >= 15 is 0 Å². The van der Waals surface area contributed by atoms with Crippen molar-refractivity contribution in [2.45, 2.75) is 30.6 Å². The number of para-hydroxylation sites is 1. The average molecular weight is 503 g/mol. The second kappa shape index (κ2) is 8.59. The maximum absolute atomic E-state index is 12.8. The molecule has 0 unspecified atom stereocenters. The van der Waals surface area contributed by atoms with Gasteiger partial charge in [-0.05, 0) is 67.6 Å². The number of amides is 1. The zero-order chi connectivity index (χ0) is 22.3. The van der Waals surface area contributed by atoms with E-state index in [9.17, 15) is 13.2 Å². The molecule has 0 saturated carbocycles. The fourth-order valence-corrected chi connectivity index (χ4v) is 7.60. The highest BCUT2D eigenvalue weighted by Gasteiger charge is 2.27. The maximum atomic E-state index is 12.8. The molecule has 0 atom stereocenters. The Morgan fingerprint density at radius 3 is 2.56 bits per heavy atom. The summed E-state index contributed by atoms with van der Waals surface area (Å²) in [4.78, 5) is 18.9. The number of hydrogen-bond acceptors (Lipinski definition) is 6. The maximum Gasteiger partial charge on any atom is 0.240 e. The van der Waals surface area contributed by atoms with Crippen LogP contribution in [0.1, 0.15) is 23.3 Å². The summed E-state index contributed by atoms with van der Waals surface area (Å²) in [5.41, 5.74) is 3.10. The molecule has 9 heteroatoms. The number of sulfone groups is 1. The molecule has 1 aliphatic rings. The first kappa shape index (κ1) is 21.6. The predicted octanol–water partition coefficient (Wildman–Crippen LogP) is 5.97. The zero-order valence-electron chi connectivity index (χ0n) is 16.9. The van der Waals surface area contributed by atoms with Crippen LogP contribution < -0.4 is 5.32 Å². The molecular weight excluding hydrogens is 484 g/mol. The molecule has 1 N–H and O–H groups in total. The largest absolute Gasteiger partial charge is 0.316 e. The van der Waals surface area contributed by atoms with E-state index in [2.05, 4.69) is 5.32 Å². The number of nitrogens with one attached hydrogen (secondary N) is 1. The summed E-state index contributed by atoms with van der Waals surface area (Å²) in [6, 6.07) is 13.8. The average Bonchev–Trinajstić information content (AvgIpc) is 3.33. The first-order valence-electron chi connectivity index (χ1n) is 10.2.